The van der Waals surface area contributed by atoms with Crippen molar-refractivity contribution in [3.63, 3.8) is 0 Å². The van der Waals surface area contributed by atoms with Gasteiger partial charge in [0.05, 0.1) is 22.3 Å². The van der Waals surface area contributed by atoms with Gasteiger partial charge in [0.1, 0.15) is 0 Å². The van der Waals surface area contributed by atoms with E-state index in [2.05, 4.69) is 25.2 Å². The maximum Gasteiger partial charge on any atom is 0.0992 e. The van der Waals surface area contributed by atoms with Gasteiger partial charge in [0, 0.05) is 6.04 Å². The van der Waals surface area contributed by atoms with E-state index in [4.69, 9.17) is 16.9 Å². The molecule has 3 atom stereocenters. The first-order chi connectivity index (χ1) is 8.61. The molecular weight excluding hydrogens is 244 g/mol. The summed E-state index contributed by atoms with van der Waals surface area (Å²) in [6.07, 6.45) is 3.79. The van der Waals surface area contributed by atoms with Crippen LogP contribution in [0.4, 0.5) is 5.69 Å². The Labute approximate surface area is 114 Å². The Balaban J connectivity index is 2.12. The van der Waals surface area contributed by atoms with Gasteiger partial charge in [-0.15, -0.1) is 0 Å². The molecule has 2 rings (SSSR count). The van der Waals surface area contributed by atoms with Gasteiger partial charge in [0.15, 0.2) is 0 Å². The van der Waals surface area contributed by atoms with Crippen molar-refractivity contribution >= 4 is 17.3 Å². The molecule has 0 saturated heterocycles. The predicted octanol–water partition coefficient (Wildman–Crippen LogP) is 4.45. The first kappa shape index (κ1) is 13.2. The summed E-state index contributed by atoms with van der Waals surface area (Å²) < 4.78 is 0. The third-order valence-corrected chi connectivity index (χ3v) is 4.46. The summed E-state index contributed by atoms with van der Waals surface area (Å²) in [5.41, 5.74) is 1.55. The lowest BCUT2D eigenvalue weighted by Crippen LogP contribution is -2.35. The fourth-order valence-corrected chi connectivity index (χ4v) is 2.92. The van der Waals surface area contributed by atoms with Gasteiger partial charge in [-0.25, -0.2) is 0 Å². The normalized spacial score (nSPS) is 27.6. The highest BCUT2D eigenvalue weighted by molar-refractivity contribution is 6.33. The van der Waals surface area contributed by atoms with Gasteiger partial charge >= 0.3 is 0 Å². The molecule has 1 aromatic carbocycles. The standard InChI is InChI=1S/C15H19ClN2/c1-10-4-3-5-14(11(10)2)18-15-7-6-12(9-17)8-13(15)16/h6-8,10-11,14,18H,3-5H2,1-2H3. The Morgan fingerprint density at radius 2 is 2.11 bits per heavy atom. The van der Waals surface area contributed by atoms with Crippen molar-refractivity contribution in [2.45, 2.75) is 39.2 Å². The fourth-order valence-electron chi connectivity index (χ4n) is 2.69. The first-order valence-electron chi connectivity index (χ1n) is 6.58. The van der Waals surface area contributed by atoms with E-state index in [1.807, 2.05) is 12.1 Å². The molecule has 0 aromatic heterocycles. The third kappa shape index (κ3) is 2.79. The largest absolute Gasteiger partial charge is 0.381 e. The van der Waals surface area contributed by atoms with Crippen LogP contribution in [-0.2, 0) is 0 Å². The number of hydrogen-bond acceptors (Lipinski definition) is 2. The van der Waals surface area contributed by atoms with Crippen LogP contribution in [0.25, 0.3) is 0 Å². The van der Waals surface area contributed by atoms with E-state index in [9.17, 15) is 0 Å². The summed E-state index contributed by atoms with van der Waals surface area (Å²) in [4.78, 5) is 0. The van der Waals surface area contributed by atoms with Gasteiger partial charge in [0.2, 0.25) is 0 Å². The van der Waals surface area contributed by atoms with Crippen molar-refractivity contribution in [3.8, 4) is 6.07 Å². The maximum absolute atomic E-state index is 8.82. The van der Waals surface area contributed by atoms with Crippen LogP contribution in [-0.4, -0.2) is 6.04 Å². The molecule has 1 fully saturated rings. The molecule has 96 valence electrons. The Morgan fingerprint density at radius 3 is 2.78 bits per heavy atom. The van der Waals surface area contributed by atoms with Gasteiger partial charge in [-0.3, -0.25) is 0 Å². The number of nitrogens with one attached hydrogen (secondary N) is 1. The van der Waals surface area contributed by atoms with Crippen LogP contribution in [0.1, 0.15) is 38.7 Å². The highest BCUT2D eigenvalue weighted by Gasteiger charge is 2.27. The van der Waals surface area contributed by atoms with Crippen molar-refractivity contribution in [1.29, 1.82) is 5.26 Å². The second kappa shape index (κ2) is 5.63. The van der Waals surface area contributed by atoms with Gasteiger partial charge in [-0.2, -0.15) is 5.26 Å². The molecule has 1 aliphatic carbocycles. The van der Waals surface area contributed by atoms with Crippen molar-refractivity contribution in [2.24, 2.45) is 11.8 Å². The zero-order valence-corrected chi connectivity index (χ0v) is 11.7. The minimum atomic E-state index is 0.485. The van der Waals surface area contributed by atoms with E-state index in [-0.39, 0.29) is 0 Å². The fraction of sp³-hybridized carbons (Fsp3) is 0.533. The van der Waals surface area contributed by atoms with Crippen molar-refractivity contribution in [2.75, 3.05) is 5.32 Å². The molecule has 0 radical (unpaired) electrons. The lowest BCUT2D eigenvalue weighted by atomic mass is 9.78. The lowest BCUT2D eigenvalue weighted by molar-refractivity contribution is 0.253. The Bertz CT molecular complexity index is 464. The highest BCUT2D eigenvalue weighted by Crippen LogP contribution is 2.33. The van der Waals surface area contributed by atoms with Crippen LogP contribution in [0.5, 0.6) is 0 Å². The smallest absolute Gasteiger partial charge is 0.0992 e. The maximum atomic E-state index is 8.82. The van der Waals surface area contributed by atoms with E-state index in [1.54, 1.807) is 6.07 Å². The van der Waals surface area contributed by atoms with E-state index in [1.165, 1.54) is 19.3 Å². The number of hydrogen-bond donors (Lipinski definition) is 1. The van der Waals surface area contributed by atoms with Crippen molar-refractivity contribution in [1.82, 2.24) is 0 Å². The molecule has 0 spiro atoms. The Morgan fingerprint density at radius 1 is 1.33 bits per heavy atom. The number of benzene rings is 1. The molecule has 18 heavy (non-hydrogen) atoms. The second-order valence-corrected chi connectivity index (χ2v) is 5.73. The molecule has 3 unspecified atom stereocenters. The molecule has 1 saturated carbocycles. The van der Waals surface area contributed by atoms with E-state index in [0.717, 1.165) is 11.6 Å². The molecule has 3 heteroatoms. The number of nitrogens with zero attached hydrogens (tertiary/aromatic N) is 1. The number of rotatable bonds is 2. The lowest BCUT2D eigenvalue weighted by Gasteiger charge is -2.35. The Hall–Kier alpha value is -1.20. The monoisotopic (exact) mass is 262 g/mol. The number of anilines is 1. The average molecular weight is 263 g/mol. The Kier molecular flexibility index (Phi) is 4.14. The molecule has 1 aliphatic rings. The molecular formula is C15H19ClN2. The molecule has 0 bridgehead atoms. The van der Waals surface area contributed by atoms with E-state index < -0.39 is 0 Å². The van der Waals surface area contributed by atoms with Gasteiger partial charge < -0.3 is 5.32 Å². The third-order valence-electron chi connectivity index (χ3n) is 4.15. The molecule has 0 heterocycles. The zero-order chi connectivity index (χ0) is 13.1. The van der Waals surface area contributed by atoms with Crippen LogP contribution >= 0.6 is 11.6 Å². The van der Waals surface area contributed by atoms with Crippen molar-refractivity contribution in [3.05, 3.63) is 28.8 Å². The summed E-state index contributed by atoms with van der Waals surface area (Å²) in [5, 5.41) is 13.0. The first-order valence-corrected chi connectivity index (χ1v) is 6.96. The number of nitriles is 1. The quantitative estimate of drug-likeness (QED) is 0.855. The SMILES string of the molecule is CC1CCCC(Nc2ccc(C#N)cc2Cl)C1C. The number of halogens is 1. The van der Waals surface area contributed by atoms with Gasteiger partial charge in [0.25, 0.3) is 0 Å². The molecule has 2 nitrogen and oxygen atoms in total. The topological polar surface area (TPSA) is 35.8 Å². The van der Waals surface area contributed by atoms with E-state index >= 15 is 0 Å². The van der Waals surface area contributed by atoms with Gasteiger partial charge in [-0.05, 0) is 36.5 Å². The summed E-state index contributed by atoms with van der Waals surface area (Å²) in [6, 6.07) is 8.03. The van der Waals surface area contributed by atoms with Crippen LogP contribution < -0.4 is 5.32 Å². The van der Waals surface area contributed by atoms with Crippen LogP contribution in [0.3, 0.4) is 0 Å². The molecule has 0 amide bonds. The van der Waals surface area contributed by atoms with Crippen LogP contribution in [0, 0.1) is 23.2 Å². The second-order valence-electron chi connectivity index (χ2n) is 5.32. The van der Waals surface area contributed by atoms with Crippen LogP contribution in [0.2, 0.25) is 5.02 Å². The summed E-state index contributed by atoms with van der Waals surface area (Å²) in [5.74, 6) is 1.42. The molecule has 0 aliphatic heterocycles. The van der Waals surface area contributed by atoms with Gasteiger partial charge in [-0.1, -0.05) is 38.3 Å². The minimum absolute atomic E-state index is 0.485. The van der Waals surface area contributed by atoms with Crippen molar-refractivity contribution < 1.29 is 0 Å². The minimum Gasteiger partial charge on any atom is -0.381 e. The van der Waals surface area contributed by atoms with Crippen LogP contribution in [0.15, 0.2) is 18.2 Å². The van der Waals surface area contributed by atoms with E-state index in [0.29, 0.717) is 22.5 Å². The predicted molar refractivity (Wildman–Crippen MR) is 75.8 cm³/mol. The average Bonchev–Trinajstić information content (AvgIpc) is 2.37. The molecule has 1 N–H and O–H groups in total. The summed E-state index contributed by atoms with van der Waals surface area (Å²) >= 11 is 6.20. The summed E-state index contributed by atoms with van der Waals surface area (Å²) in [7, 11) is 0. The molecule has 1 aromatic rings. The highest BCUT2D eigenvalue weighted by atomic mass is 35.5. The zero-order valence-electron chi connectivity index (χ0n) is 10.9. The summed E-state index contributed by atoms with van der Waals surface area (Å²) in [6.45, 7) is 4.62.